The van der Waals surface area contributed by atoms with Gasteiger partial charge in [-0.1, -0.05) is 32.1 Å². The number of carbonyl (C=O) groups is 3. The van der Waals surface area contributed by atoms with Gasteiger partial charge in [-0.2, -0.15) is 0 Å². The molecule has 7 heteroatoms. The SMILES string of the molecule is C[C@H](NC(=O)[C@H](CC1CCCCC1)NC(=O)OC(C)(C)C)C(N)=O. The molecule has 0 heterocycles. The predicted molar refractivity (Wildman–Crippen MR) is 91.1 cm³/mol. The summed E-state index contributed by atoms with van der Waals surface area (Å²) in [7, 11) is 0. The normalized spacial score (nSPS) is 18.3. The molecule has 0 aromatic heterocycles. The van der Waals surface area contributed by atoms with E-state index in [4.69, 9.17) is 10.5 Å². The topological polar surface area (TPSA) is 111 Å². The Hall–Kier alpha value is -1.79. The maximum atomic E-state index is 12.4. The number of amides is 3. The Bertz CT molecular complexity index is 453. The van der Waals surface area contributed by atoms with Crippen LogP contribution in [0, 0.1) is 5.92 Å². The summed E-state index contributed by atoms with van der Waals surface area (Å²) in [4.78, 5) is 35.6. The van der Waals surface area contributed by atoms with E-state index in [1.54, 1.807) is 20.8 Å². The molecular formula is C17H31N3O4. The van der Waals surface area contributed by atoms with Crippen LogP contribution in [0.2, 0.25) is 0 Å². The summed E-state index contributed by atoms with van der Waals surface area (Å²) < 4.78 is 5.24. The van der Waals surface area contributed by atoms with E-state index in [0.717, 1.165) is 25.7 Å². The summed E-state index contributed by atoms with van der Waals surface area (Å²) >= 11 is 0. The highest BCUT2D eigenvalue weighted by Crippen LogP contribution is 2.27. The monoisotopic (exact) mass is 341 g/mol. The summed E-state index contributed by atoms with van der Waals surface area (Å²) in [6.07, 6.45) is 5.50. The molecule has 1 fully saturated rings. The zero-order chi connectivity index (χ0) is 18.3. The first kappa shape index (κ1) is 20.3. The fraction of sp³-hybridized carbons (Fsp3) is 0.824. The first-order valence-electron chi connectivity index (χ1n) is 8.67. The first-order valence-corrected chi connectivity index (χ1v) is 8.67. The van der Waals surface area contributed by atoms with Crippen molar-refractivity contribution in [2.45, 2.75) is 83.9 Å². The number of nitrogens with two attached hydrogens (primary N) is 1. The summed E-state index contributed by atoms with van der Waals surface area (Å²) in [6.45, 7) is 6.80. The van der Waals surface area contributed by atoms with Gasteiger partial charge < -0.3 is 21.1 Å². The molecule has 4 N–H and O–H groups in total. The van der Waals surface area contributed by atoms with Crippen molar-refractivity contribution in [3.8, 4) is 0 Å². The highest BCUT2D eigenvalue weighted by molar-refractivity contribution is 5.90. The number of carbonyl (C=O) groups excluding carboxylic acids is 3. The molecule has 0 saturated heterocycles. The summed E-state index contributed by atoms with van der Waals surface area (Å²) in [6, 6.07) is -1.52. The fourth-order valence-corrected chi connectivity index (χ4v) is 2.82. The van der Waals surface area contributed by atoms with Gasteiger partial charge in [0.15, 0.2) is 0 Å². The Morgan fingerprint density at radius 1 is 1.12 bits per heavy atom. The number of primary amides is 1. The number of hydrogen-bond donors (Lipinski definition) is 3. The molecule has 0 spiro atoms. The molecule has 1 aliphatic carbocycles. The van der Waals surface area contributed by atoms with E-state index >= 15 is 0 Å². The second kappa shape index (κ2) is 8.89. The van der Waals surface area contributed by atoms with E-state index in [9.17, 15) is 14.4 Å². The van der Waals surface area contributed by atoms with Crippen LogP contribution >= 0.6 is 0 Å². The fourth-order valence-electron chi connectivity index (χ4n) is 2.82. The van der Waals surface area contributed by atoms with E-state index < -0.39 is 35.6 Å². The molecule has 1 saturated carbocycles. The van der Waals surface area contributed by atoms with Gasteiger partial charge in [-0.25, -0.2) is 4.79 Å². The first-order chi connectivity index (χ1) is 11.1. The van der Waals surface area contributed by atoms with E-state index in [2.05, 4.69) is 10.6 Å². The van der Waals surface area contributed by atoms with Gasteiger partial charge in [0, 0.05) is 0 Å². The molecular weight excluding hydrogens is 310 g/mol. The van der Waals surface area contributed by atoms with Gasteiger partial charge in [0.1, 0.15) is 17.7 Å². The number of ether oxygens (including phenoxy) is 1. The van der Waals surface area contributed by atoms with E-state index in [1.165, 1.54) is 13.3 Å². The van der Waals surface area contributed by atoms with Crippen molar-refractivity contribution in [3.05, 3.63) is 0 Å². The van der Waals surface area contributed by atoms with Crippen molar-refractivity contribution >= 4 is 17.9 Å². The Kier molecular flexibility index (Phi) is 7.51. The van der Waals surface area contributed by atoms with Crippen LogP contribution in [-0.4, -0.2) is 35.6 Å². The van der Waals surface area contributed by atoms with E-state index in [-0.39, 0.29) is 0 Å². The van der Waals surface area contributed by atoms with E-state index in [1.807, 2.05) is 0 Å². The van der Waals surface area contributed by atoms with E-state index in [0.29, 0.717) is 12.3 Å². The van der Waals surface area contributed by atoms with Gasteiger partial charge in [-0.05, 0) is 40.0 Å². The molecule has 0 bridgehead atoms. The maximum absolute atomic E-state index is 12.4. The van der Waals surface area contributed by atoms with Crippen LogP contribution in [0.25, 0.3) is 0 Å². The summed E-state index contributed by atoms with van der Waals surface area (Å²) in [5, 5.41) is 5.19. The molecule has 7 nitrogen and oxygen atoms in total. The minimum absolute atomic E-state index is 0.383. The predicted octanol–water partition coefficient (Wildman–Crippen LogP) is 1.84. The number of alkyl carbamates (subject to hydrolysis) is 1. The van der Waals surface area contributed by atoms with Gasteiger partial charge in [0.2, 0.25) is 11.8 Å². The zero-order valence-corrected chi connectivity index (χ0v) is 15.2. The van der Waals surface area contributed by atoms with Crippen molar-refractivity contribution < 1.29 is 19.1 Å². The summed E-state index contributed by atoms with van der Waals surface area (Å²) in [5.74, 6) is -0.636. The molecule has 1 rings (SSSR count). The van der Waals surface area contributed by atoms with Gasteiger partial charge in [0.05, 0.1) is 0 Å². The smallest absolute Gasteiger partial charge is 0.408 e. The standard InChI is InChI=1S/C17H31N3O4/c1-11(14(18)21)19-15(22)13(10-12-8-6-5-7-9-12)20-16(23)24-17(2,3)4/h11-13H,5-10H2,1-4H3,(H2,18,21)(H,19,22)(H,20,23)/t11-,13-/m0/s1. The Balaban J connectivity index is 2.71. The van der Waals surface area contributed by atoms with Crippen LogP contribution in [0.4, 0.5) is 4.79 Å². The van der Waals surface area contributed by atoms with Crippen LogP contribution in [0.3, 0.4) is 0 Å². The molecule has 0 radical (unpaired) electrons. The molecule has 138 valence electrons. The van der Waals surface area contributed by atoms with Crippen molar-refractivity contribution in [2.75, 3.05) is 0 Å². The Morgan fingerprint density at radius 2 is 1.71 bits per heavy atom. The van der Waals surface area contributed by atoms with Crippen molar-refractivity contribution in [1.82, 2.24) is 10.6 Å². The maximum Gasteiger partial charge on any atom is 0.408 e. The lowest BCUT2D eigenvalue weighted by Gasteiger charge is -2.28. The lowest BCUT2D eigenvalue weighted by atomic mass is 9.84. The third-order valence-corrected chi connectivity index (χ3v) is 4.09. The summed E-state index contributed by atoms with van der Waals surface area (Å²) in [5.41, 5.74) is 4.55. The molecule has 0 unspecified atom stereocenters. The third-order valence-electron chi connectivity index (χ3n) is 4.09. The number of nitrogens with one attached hydrogen (secondary N) is 2. The van der Waals surface area contributed by atoms with Gasteiger partial charge in [0.25, 0.3) is 0 Å². The Labute approximate surface area is 144 Å². The van der Waals surface area contributed by atoms with Crippen molar-refractivity contribution in [3.63, 3.8) is 0 Å². The molecule has 3 amide bonds. The minimum atomic E-state index is -0.785. The quantitative estimate of drug-likeness (QED) is 0.684. The number of hydrogen-bond acceptors (Lipinski definition) is 4. The lowest BCUT2D eigenvalue weighted by molar-refractivity contribution is -0.128. The average Bonchev–Trinajstić information content (AvgIpc) is 2.45. The minimum Gasteiger partial charge on any atom is -0.444 e. The second-order valence-electron chi connectivity index (χ2n) is 7.57. The Morgan fingerprint density at radius 3 is 2.21 bits per heavy atom. The van der Waals surface area contributed by atoms with Crippen molar-refractivity contribution in [1.29, 1.82) is 0 Å². The molecule has 0 aliphatic heterocycles. The van der Waals surface area contributed by atoms with Crippen molar-refractivity contribution in [2.24, 2.45) is 11.7 Å². The van der Waals surface area contributed by atoms with Gasteiger partial charge >= 0.3 is 6.09 Å². The second-order valence-corrected chi connectivity index (χ2v) is 7.57. The average molecular weight is 341 g/mol. The molecule has 0 aromatic carbocycles. The lowest BCUT2D eigenvalue weighted by Crippen LogP contribution is -2.53. The van der Waals surface area contributed by atoms with Gasteiger partial charge in [-0.15, -0.1) is 0 Å². The van der Waals surface area contributed by atoms with Gasteiger partial charge in [-0.3, -0.25) is 9.59 Å². The van der Waals surface area contributed by atoms with Crippen LogP contribution in [0.15, 0.2) is 0 Å². The molecule has 24 heavy (non-hydrogen) atoms. The highest BCUT2D eigenvalue weighted by atomic mass is 16.6. The highest BCUT2D eigenvalue weighted by Gasteiger charge is 2.29. The van der Waals surface area contributed by atoms with Crippen LogP contribution < -0.4 is 16.4 Å². The molecule has 1 aliphatic rings. The third kappa shape index (κ3) is 7.66. The number of rotatable bonds is 6. The molecule has 0 aromatic rings. The largest absolute Gasteiger partial charge is 0.444 e. The van der Waals surface area contributed by atoms with Crippen LogP contribution in [-0.2, 0) is 14.3 Å². The van der Waals surface area contributed by atoms with Crippen LogP contribution in [0.5, 0.6) is 0 Å². The molecule has 2 atom stereocenters. The zero-order valence-electron chi connectivity index (χ0n) is 15.2. The van der Waals surface area contributed by atoms with Crippen LogP contribution in [0.1, 0.15) is 66.2 Å².